The molecule has 0 radical (unpaired) electrons. The average Bonchev–Trinajstić information content (AvgIpc) is 2.39. The molecule has 20 heavy (non-hydrogen) atoms. The molecule has 0 spiro atoms. The Bertz CT molecular complexity index is 410. The van der Waals surface area contributed by atoms with Crippen LogP contribution in [0.2, 0.25) is 0 Å². The molecule has 0 aliphatic heterocycles. The quantitative estimate of drug-likeness (QED) is 0.897. The lowest BCUT2D eigenvalue weighted by atomic mass is 9.82. The first-order chi connectivity index (χ1) is 9.60. The van der Waals surface area contributed by atoms with Crippen LogP contribution in [0.15, 0.2) is 18.2 Å². The van der Waals surface area contributed by atoms with Gasteiger partial charge < -0.3 is 9.84 Å². The van der Waals surface area contributed by atoms with E-state index in [1.54, 1.807) is 7.11 Å². The Hall–Kier alpha value is -1.00. The van der Waals surface area contributed by atoms with E-state index in [2.05, 4.69) is 0 Å². The summed E-state index contributed by atoms with van der Waals surface area (Å²) in [5.74, 6) is -0.889. The van der Waals surface area contributed by atoms with Crippen molar-refractivity contribution in [2.45, 2.75) is 50.7 Å². The number of hydrogen-bond acceptors (Lipinski definition) is 2. The number of halogens is 2. The van der Waals surface area contributed by atoms with Crippen LogP contribution in [0.5, 0.6) is 0 Å². The fraction of sp³-hybridized carbons (Fsp3) is 0.625. The number of aliphatic hydroxyl groups is 1. The van der Waals surface area contributed by atoms with Crippen molar-refractivity contribution >= 4 is 0 Å². The number of rotatable bonds is 5. The van der Waals surface area contributed by atoms with Gasteiger partial charge in [-0.3, -0.25) is 0 Å². The second-order valence-corrected chi connectivity index (χ2v) is 5.65. The van der Waals surface area contributed by atoms with Gasteiger partial charge in [-0.2, -0.15) is 0 Å². The SMILES string of the molecule is COC(C(O)Cc1cc(F)cc(F)c1)C1CCCCC1. The molecule has 4 heteroatoms. The molecular weight excluding hydrogens is 262 g/mol. The summed E-state index contributed by atoms with van der Waals surface area (Å²) in [6.45, 7) is 0. The van der Waals surface area contributed by atoms with Gasteiger partial charge in [-0.25, -0.2) is 8.78 Å². The molecule has 2 nitrogen and oxygen atoms in total. The second-order valence-electron chi connectivity index (χ2n) is 5.65. The third-order valence-electron chi connectivity index (χ3n) is 4.13. The van der Waals surface area contributed by atoms with E-state index in [0.29, 0.717) is 11.5 Å². The lowest BCUT2D eigenvalue weighted by Crippen LogP contribution is -2.37. The molecule has 1 aromatic carbocycles. The number of aliphatic hydroxyl groups excluding tert-OH is 1. The van der Waals surface area contributed by atoms with Crippen molar-refractivity contribution in [3.8, 4) is 0 Å². The van der Waals surface area contributed by atoms with Crippen LogP contribution in [0.3, 0.4) is 0 Å². The number of benzene rings is 1. The summed E-state index contributed by atoms with van der Waals surface area (Å²) >= 11 is 0. The van der Waals surface area contributed by atoms with E-state index in [4.69, 9.17) is 4.74 Å². The van der Waals surface area contributed by atoms with Gasteiger partial charge in [-0.1, -0.05) is 19.3 Å². The van der Waals surface area contributed by atoms with Crippen LogP contribution < -0.4 is 0 Å². The minimum atomic E-state index is -0.732. The van der Waals surface area contributed by atoms with Gasteiger partial charge >= 0.3 is 0 Å². The maximum absolute atomic E-state index is 13.2. The van der Waals surface area contributed by atoms with Gasteiger partial charge in [0.25, 0.3) is 0 Å². The summed E-state index contributed by atoms with van der Waals surface area (Å²) in [5, 5.41) is 10.3. The van der Waals surface area contributed by atoms with E-state index in [0.717, 1.165) is 31.7 Å². The summed E-state index contributed by atoms with van der Waals surface area (Å²) in [6.07, 6.45) is 4.87. The van der Waals surface area contributed by atoms with Crippen LogP contribution in [-0.2, 0) is 11.2 Å². The van der Waals surface area contributed by atoms with Gasteiger partial charge in [-0.15, -0.1) is 0 Å². The lowest BCUT2D eigenvalue weighted by Gasteiger charge is -2.32. The highest BCUT2D eigenvalue weighted by atomic mass is 19.1. The van der Waals surface area contributed by atoms with Gasteiger partial charge in [0.15, 0.2) is 0 Å². The molecule has 2 rings (SSSR count). The highest BCUT2D eigenvalue weighted by Gasteiger charge is 2.29. The fourth-order valence-corrected chi connectivity index (χ4v) is 3.21. The van der Waals surface area contributed by atoms with E-state index in [-0.39, 0.29) is 12.5 Å². The Balaban J connectivity index is 2.02. The van der Waals surface area contributed by atoms with Crippen molar-refractivity contribution in [1.82, 2.24) is 0 Å². The van der Waals surface area contributed by atoms with Crippen molar-refractivity contribution in [3.05, 3.63) is 35.4 Å². The van der Waals surface area contributed by atoms with Crippen molar-refractivity contribution in [2.75, 3.05) is 7.11 Å². The van der Waals surface area contributed by atoms with Crippen LogP contribution in [0.4, 0.5) is 8.78 Å². The average molecular weight is 284 g/mol. The number of methoxy groups -OCH3 is 1. The standard InChI is InChI=1S/C16H22F2O2/c1-20-16(12-5-3-2-4-6-12)15(19)9-11-7-13(17)10-14(18)8-11/h7-8,10,12,15-16,19H,2-6,9H2,1H3. The molecule has 1 aromatic rings. The topological polar surface area (TPSA) is 29.5 Å². The van der Waals surface area contributed by atoms with Gasteiger partial charge in [-0.05, 0) is 36.5 Å². The smallest absolute Gasteiger partial charge is 0.126 e. The monoisotopic (exact) mass is 284 g/mol. The molecule has 0 heterocycles. The molecule has 1 aliphatic carbocycles. The van der Waals surface area contributed by atoms with Crippen LogP contribution >= 0.6 is 0 Å². The molecule has 0 aromatic heterocycles. The van der Waals surface area contributed by atoms with Crippen LogP contribution in [0, 0.1) is 17.6 Å². The first-order valence-corrected chi connectivity index (χ1v) is 7.26. The maximum Gasteiger partial charge on any atom is 0.126 e. The van der Waals surface area contributed by atoms with Crippen LogP contribution in [0.1, 0.15) is 37.7 Å². The van der Waals surface area contributed by atoms with Gasteiger partial charge in [0.2, 0.25) is 0 Å². The Morgan fingerprint density at radius 1 is 1.15 bits per heavy atom. The first-order valence-electron chi connectivity index (χ1n) is 7.26. The third kappa shape index (κ3) is 4.00. The zero-order chi connectivity index (χ0) is 14.5. The molecule has 2 atom stereocenters. The van der Waals surface area contributed by atoms with Crippen molar-refractivity contribution in [3.63, 3.8) is 0 Å². The minimum absolute atomic E-state index is 0.212. The zero-order valence-electron chi connectivity index (χ0n) is 11.8. The first kappa shape index (κ1) is 15.4. The Morgan fingerprint density at radius 2 is 1.75 bits per heavy atom. The summed E-state index contributed by atoms with van der Waals surface area (Å²) in [5.41, 5.74) is 0.466. The van der Waals surface area contributed by atoms with Crippen LogP contribution in [-0.4, -0.2) is 24.4 Å². The van der Waals surface area contributed by atoms with E-state index in [9.17, 15) is 13.9 Å². The zero-order valence-corrected chi connectivity index (χ0v) is 11.8. The molecule has 1 saturated carbocycles. The maximum atomic E-state index is 13.2. The summed E-state index contributed by atoms with van der Waals surface area (Å²) < 4.78 is 31.8. The molecule has 2 unspecified atom stereocenters. The molecule has 0 saturated heterocycles. The molecule has 1 fully saturated rings. The number of hydrogen-bond donors (Lipinski definition) is 1. The molecule has 0 bridgehead atoms. The number of ether oxygens (including phenoxy) is 1. The predicted molar refractivity (Wildman–Crippen MR) is 73.4 cm³/mol. The molecule has 1 aliphatic rings. The Morgan fingerprint density at radius 3 is 2.30 bits per heavy atom. The van der Waals surface area contributed by atoms with Gasteiger partial charge in [0, 0.05) is 19.6 Å². The van der Waals surface area contributed by atoms with Crippen molar-refractivity contribution in [1.29, 1.82) is 0 Å². The highest BCUT2D eigenvalue weighted by Crippen LogP contribution is 2.30. The largest absolute Gasteiger partial charge is 0.390 e. The summed E-state index contributed by atoms with van der Waals surface area (Å²) in [7, 11) is 1.59. The normalized spacial score (nSPS) is 19.8. The lowest BCUT2D eigenvalue weighted by molar-refractivity contribution is -0.0536. The highest BCUT2D eigenvalue weighted by molar-refractivity contribution is 5.19. The third-order valence-corrected chi connectivity index (χ3v) is 4.13. The Kier molecular flexibility index (Phi) is 5.49. The minimum Gasteiger partial charge on any atom is -0.390 e. The molecule has 1 N–H and O–H groups in total. The predicted octanol–water partition coefficient (Wildman–Crippen LogP) is 3.46. The Labute approximate surface area is 118 Å². The van der Waals surface area contributed by atoms with E-state index < -0.39 is 17.7 Å². The van der Waals surface area contributed by atoms with E-state index in [1.165, 1.54) is 18.6 Å². The summed E-state index contributed by atoms with van der Waals surface area (Å²) in [6, 6.07) is 3.37. The van der Waals surface area contributed by atoms with Crippen molar-refractivity contribution in [2.24, 2.45) is 5.92 Å². The summed E-state index contributed by atoms with van der Waals surface area (Å²) in [4.78, 5) is 0. The molecule has 112 valence electrons. The molecular formula is C16H22F2O2. The van der Waals surface area contributed by atoms with E-state index in [1.807, 2.05) is 0 Å². The van der Waals surface area contributed by atoms with Gasteiger partial charge in [0.05, 0.1) is 12.2 Å². The van der Waals surface area contributed by atoms with Crippen LogP contribution in [0.25, 0.3) is 0 Å². The van der Waals surface area contributed by atoms with Crippen molar-refractivity contribution < 1.29 is 18.6 Å². The van der Waals surface area contributed by atoms with E-state index >= 15 is 0 Å². The fourth-order valence-electron chi connectivity index (χ4n) is 3.21. The molecule has 0 amide bonds. The van der Waals surface area contributed by atoms with Gasteiger partial charge in [0.1, 0.15) is 11.6 Å². The second kappa shape index (κ2) is 7.14.